The molecule has 0 saturated carbocycles. The predicted octanol–water partition coefficient (Wildman–Crippen LogP) is 2.39. The molecule has 2 aromatic heterocycles. The van der Waals surface area contributed by atoms with Crippen molar-refractivity contribution < 1.29 is 13.2 Å². The van der Waals surface area contributed by atoms with Crippen molar-refractivity contribution in [1.82, 2.24) is 9.38 Å². The van der Waals surface area contributed by atoms with Crippen LogP contribution >= 0.6 is 0 Å². The van der Waals surface area contributed by atoms with Crippen molar-refractivity contribution in [3.05, 3.63) is 30.1 Å². The van der Waals surface area contributed by atoms with Crippen LogP contribution in [0, 0.1) is 0 Å². The molecular formula is C9H8F3N3. The number of hydrogen-bond donors (Lipinski definition) is 1. The highest BCUT2D eigenvalue weighted by Crippen LogP contribution is 2.29. The number of aromatic nitrogens is 2. The van der Waals surface area contributed by atoms with Gasteiger partial charge in [0.05, 0.1) is 0 Å². The summed E-state index contributed by atoms with van der Waals surface area (Å²) < 4.78 is 38.5. The van der Waals surface area contributed by atoms with Crippen LogP contribution in [0.25, 0.3) is 5.65 Å². The molecule has 0 radical (unpaired) electrons. The Bertz CT molecular complexity index is 487. The van der Waals surface area contributed by atoms with E-state index in [-0.39, 0.29) is 5.65 Å². The summed E-state index contributed by atoms with van der Waals surface area (Å²) in [5.74, 6) is 0.565. The molecule has 0 aliphatic carbocycles. The second kappa shape index (κ2) is 3.15. The molecule has 0 unspecified atom stereocenters. The number of imidazole rings is 1. The number of hydrogen-bond acceptors (Lipinski definition) is 2. The summed E-state index contributed by atoms with van der Waals surface area (Å²) in [5.41, 5.74) is -0.612. The molecule has 2 rings (SSSR count). The highest BCUT2D eigenvalue weighted by Gasteiger charge is 2.34. The van der Waals surface area contributed by atoms with E-state index in [0.717, 1.165) is 6.20 Å². The normalized spacial score (nSPS) is 12.0. The van der Waals surface area contributed by atoms with E-state index in [1.807, 2.05) is 0 Å². The van der Waals surface area contributed by atoms with Gasteiger partial charge >= 0.3 is 6.18 Å². The van der Waals surface area contributed by atoms with Gasteiger partial charge in [0.2, 0.25) is 0 Å². The van der Waals surface area contributed by atoms with Gasteiger partial charge in [0, 0.05) is 13.2 Å². The maximum atomic E-state index is 12.4. The van der Waals surface area contributed by atoms with Crippen LogP contribution in [-0.2, 0) is 6.18 Å². The zero-order valence-corrected chi connectivity index (χ0v) is 7.84. The molecule has 0 amide bonds. The number of rotatable bonds is 1. The Balaban J connectivity index is 2.65. The Kier molecular flexibility index (Phi) is 2.06. The lowest BCUT2D eigenvalue weighted by molar-refractivity contribution is -0.140. The fraction of sp³-hybridized carbons (Fsp3) is 0.222. The molecule has 0 atom stereocenters. The van der Waals surface area contributed by atoms with Crippen molar-refractivity contribution in [2.24, 2.45) is 0 Å². The zero-order valence-electron chi connectivity index (χ0n) is 7.84. The largest absolute Gasteiger partial charge is 0.434 e. The van der Waals surface area contributed by atoms with E-state index < -0.39 is 11.9 Å². The van der Waals surface area contributed by atoms with Gasteiger partial charge in [-0.05, 0) is 12.1 Å². The standard InChI is InChI=1S/C9H8F3N3/c1-13-7-3-2-4-8-14-6(5-15(7)8)9(10,11)12/h2-5,13H,1H3. The Hall–Kier alpha value is -1.72. The maximum Gasteiger partial charge on any atom is 0.434 e. The van der Waals surface area contributed by atoms with Gasteiger partial charge in [-0.15, -0.1) is 0 Å². The lowest BCUT2D eigenvalue weighted by Crippen LogP contribution is -2.04. The van der Waals surface area contributed by atoms with E-state index in [1.54, 1.807) is 19.2 Å². The van der Waals surface area contributed by atoms with Crippen LogP contribution < -0.4 is 5.32 Å². The van der Waals surface area contributed by atoms with Gasteiger partial charge in [-0.2, -0.15) is 13.2 Å². The summed E-state index contributed by atoms with van der Waals surface area (Å²) >= 11 is 0. The van der Waals surface area contributed by atoms with Gasteiger partial charge in [0.15, 0.2) is 5.69 Å². The summed E-state index contributed by atoms with van der Waals surface area (Å²) in [6, 6.07) is 4.85. The molecule has 2 heterocycles. The van der Waals surface area contributed by atoms with Gasteiger partial charge in [-0.1, -0.05) is 6.07 Å². The predicted molar refractivity (Wildman–Crippen MR) is 49.7 cm³/mol. The summed E-state index contributed by atoms with van der Waals surface area (Å²) in [6.45, 7) is 0. The minimum absolute atomic E-state index is 0.272. The van der Waals surface area contributed by atoms with E-state index >= 15 is 0 Å². The average molecular weight is 215 g/mol. The van der Waals surface area contributed by atoms with Gasteiger partial charge in [0.25, 0.3) is 0 Å². The fourth-order valence-electron chi connectivity index (χ4n) is 1.35. The zero-order chi connectivity index (χ0) is 11.1. The number of fused-ring (bicyclic) bond motifs is 1. The van der Waals surface area contributed by atoms with E-state index in [9.17, 15) is 13.2 Å². The average Bonchev–Trinajstić information content (AvgIpc) is 2.59. The third kappa shape index (κ3) is 1.62. The first-order valence-electron chi connectivity index (χ1n) is 4.25. The van der Waals surface area contributed by atoms with Crippen LogP contribution in [0.1, 0.15) is 5.69 Å². The monoisotopic (exact) mass is 215 g/mol. The second-order valence-corrected chi connectivity index (χ2v) is 3.01. The van der Waals surface area contributed by atoms with Crippen molar-refractivity contribution >= 4 is 11.5 Å². The molecule has 0 aliphatic heterocycles. The van der Waals surface area contributed by atoms with Crippen LogP contribution in [0.15, 0.2) is 24.4 Å². The number of pyridine rings is 1. The van der Waals surface area contributed by atoms with E-state index in [1.165, 1.54) is 10.5 Å². The second-order valence-electron chi connectivity index (χ2n) is 3.01. The minimum atomic E-state index is -4.41. The van der Waals surface area contributed by atoms with Crippen LogP contribution in [0.5, 0.6) is 0 Å². The van der Waals surface area contributed by atoms with E-state index in [2.05, 4.69) is 10.3 Å². The Morgan fingerprint density at radius 2 is 2.07 bits per heavy atom. The number of nitrogens with zero attached hydrogens (tertiary/aromatic N) is 2. The highest BCUT2D eigenvalue weighted by molar-refractivity contribution is 5.50. The molecule has 0 spiro atoms. The van der Waals surface area contributed by atoms with Crippen LogP contribution in [0.3, 0.4) is 0 Å². The van der Waals surface area contributed by atoms with E-state index in [4.69, 9.17) is 0 Å². The Morgan fingerprint density at radius 3 is 2.67 bits per heavy atom. The molecular weight excluding hydrogens is 207 g/mol. The Labute approximate surface area is 83.5 Å². The lowest BCUT2D eigenvalue weighted by Gasteiger charge is -2.02. The highest BCUT2D eigenvalue weighted by atomic mass is 19.4. The van der Waals surface area contributed by atoms with Crippen molar-refractivity contribution in [3.8, 4) is 0 Å². The molecule has 0 fully saturated rings. The molecule has 6 heteroatoms. The van der Waals surface area contributed by atoms with Gasteiger partial charge < -0.3 is 5.32 Å². The van der Waals surface area contributed by atoms with Crippen LogP contribution in [0.2, 0.25) is 0 Å². The molecule has 0 saturated heterocycles. The summed E-state index contributed by atoms with van der Waals surface area (Å²) in [6.07, 6.45) is -3.43. The molecule has 0 bridgehead atoms. The number of alkyl halides is 3. The van der Waals surface area contributed by atoms with Gasteiger partial charge in [-0.3, -0.25) is 4.40 Å². The first kappa shape index (κ1) is 9.82. The maximum absolute atomic E-state index is 12.4. The van der Waals surface area contributed by atoms with Gasteiger partial charge in [0.1, 0.15) is 11.5 Å². The lowest BCUT2D eigenvalue weighted by atomic mass is 10.4. The molecule has 3 nitrogen and oxygen atoms in total. The quantitative estimate of drug-likeness (QED) is 0.791. The molecule has 15 heavy (non-hydrogen) atoms. The third-order valence-electron chi connectivity index (χ3n) is 2.04. The van der Waals surface area contributed by atoms with Crippen LogP contribution in [0.4, 0.5) is 19.0 Å². The number of anilines is 1. The molecule has 0 aliphatic rings. The van der Waals surface area contributed by atoms with Gasteiger partial charge in [-0.25, -0.2) is 4.98 Å². The molecule has 0 aromatic carbocycles. The first-order valence-corrected chi connectivity index (χ1v) is 4.25. The molecule has 1 N–H and O–H groups in total. The smallest absolute Gasteiger partial charge is 0.374 e. The van der Waals surface area contributed by atoms with Crippen molar-refractivity contribution in [2.75, 3.05) is 12.4 Å². The van der Waals surface area contributed by atoms with Crippen LogP contribution in [-0.4, -0.2) is 16.4 Å². The van der Waals surface area contributed by atoms with Crippen molar-refractivity contribution in [3.63, 3.8) is 0 Å². The summed E-state index contributed by atoms with van der Waals surface area (Å²) in [7, 11) is 1.64. The SMILES string of the molecule is CNc1cccc2nc(C(F)(F)F)cn12. The summed E-state index contributed by atoms with van der Waals surface area (Å²) in [4.78, 5) is 3.49. The van der Waals surface area contributed by atoms with Crippen molar-refractivity contribution in [2.45, 2.75) is 6.18 Å². The number of halogens is 3. The van der Waals surface area contributed by atoms with Crippen molar-refractivity contribution in [1.29, 1.82) is 0 Å². The molecule has 2 aromatic rings. The summed E-state index contributed by atoms with van der Waals surface area (Å²) in [5, 5.41) is 2.79. The minimum Gasteiger partial charge on any atom is -0.374 e. The third-order valence-corrected chi connectivity index (χ3v) is 2.04. The topological polar surface area (TPSA) is 29.3 Å². The fourth-order valence-corrected chi connectivity index (χ4v) is 1.35. The van der Waals surface area contributed by atoms with E-state index in [0.29, 0.717) is 5.82 Å². The number of nitrogens with one attached hydrogen (secondary N) is 1. The Morgan fingerprint density at radius 1 is 1.33 bits per heavy atom. The molecule has 80 valence electrons. The first-order chi connectivity index (χ1) is 7.02.